The minimum Gasteiger partial charge on any atom is -0.394 e. The Morgan fingerprint density at radius 2 is 1.58 bits per heavy atom. The Bertz CT molecular complexity index is 1490. The molecule has 4 heterocycles. The predicted molar refractivity (Wildman–Crippen MR) is 138 cm³/mol. The highest BCUT2D eigenvalue weighted by Crippen LogP contribution is 2.61. The van der Waals surface area contributed by atoms with Crippen molar-refractivity contribution in [2.24, 2.45) is 0 Å². The molecule has 2 aliphatic rings. The van der Waals surface area contributed by atoms with Crippen LogP contribution in [-0.2, 0) is 38.6 Å². The van der Waals surface area contributed by atoms with E-state index in [-0.39, 0.29) is 12.2 Å². The fourth-order valence-corrected chi connectivity index (χ4v) is 7.21. The largest absolute Gasteiger partial charge is 0.483 e. The summed E-state index contributed by atoms with van der Waals surface area (Å²) in [6.07, 6.45) is -15.7. The van der Waals surface area contributed by atoms with Gasteiger partial charge in [0.25, 0.3) is 5.56 Å². The molecule has 10 N–H and O–H groups in total. The Balaban J connectivity index is 1.42. The third-order valence-electron chi connectivity index (χ3n) is 6.36. The number of phosphoric acid groups is 2. The van der Waals surface area contributed by atoms with Crippen LogP contribution in [-0.4, -0.2) is 117 Å². The van der Waals surface area contributed by atoms with Gasteiger partial charge in [0.05, 0.1) is 25.4 Å². The van der Waals surface area contributed by atoms with Crippen LogP contribution in [0.3, 0.4) is 0 Å². The van der Waals surface area contributed by atoms with Crippen LogP contribution in [0.1, 0.15) is 11.1 Å². The molecule has 0 saturated carbocycles. The number of aliphatic hydroxyl groups excluding tert-OH is 7. The SMILES string of the molecule is O=c1[nH]c(=O)n([C@@H]2O[C@H](COP(=O)(O)OP(=O)(O)O[C@H]3O[C@H](CO)[C@H](O)[C@H](O)[C@H]3O)[C@@H](O)[C@H]2O)cc1-c1ccc(CO)s1. The van der Waals surface area contributed by atoms with Gasteiger partial charge >= 0.3 is 21.3 Å². The van der Waals surface area contributed by atoms with Crippen LogP contribution >= 0.6 is 27.0 Å². The van der Waals surface area contributed by atoms with Crippen LogP contribution in [0, 0.1) is 0 Å². The minimum atomic E-state index is -5.64. The van der Waals surface area contributed by atoms with Crippen molar-refractivity contribution in [1.82, 2.24) is 9.55 Å². The zero-order chi connectivity index (χ0) is 31.9. The minimum absolute atomic E-state index is 0.0411. The Kier molecular flexibility index (Phi) is 10.6. The van der Waals surface area contributed by atoms with Gasteiger partial charge in [0, 0.05) is 16.0 Å². The van der Waals surface area contributed by atoms with E-state index in [2.05, 4.69) is 13.4 Å². The third kappa shape index (κ3) is 7.57. The number of hydrogen-bond acceptors (Lipinski definition) is 17. The van der Waals surface area contributed by atoms with Gasteiger partial charge in [-0.2, -0.15) is 4.31 Å². The second kappa shape index (κ2) is 13.3. The van der Waals surface area contributed by atoms with Gasteiger partial charge in [0.15, 0.2) is 12.5 Å². The molecule has 20 nitrogen and oxygen atoms in total. The molecule has 0 aliphatic carbocycles. The molecule has 2 saturated heterocycles. The number of aromatic amines is 1. The molecule has 0 spiro atoms. The van der Waals surface area contributed by atoms with Crippen LogP contribution in [0.15, 0.2) is 27.9 Å². The molecule has 11 atom stereocenters. The second-order valence-corrected chi connectivity index (χ2v) is 13.5. The fraction of sp³-hybridized carbons (Fsp3) is 0.600. The van der Waals surface area contributed by atoms with Gasteiger partial charge in [-0.05, 0) is 12.1 Å². The molecule has 4 rings (SSSR count). The average Bonchev–Trinajstić information content (AvgIpc) is 3.52. The van der Waals surface area contributed by atoms with Gasteiger partial charge in [-0.25, -0.2) is 13.9 Å². The van der Waals surface area contributed by atoms with Gasteiger partial charge in [-0.3, -0.25) is 23.4 Å². The molecule has 2 aromatic heterocycles. The molecule has 0 amide bonds. The molecule has 23 heteroatoms. The van der Waals surface area contributed by atoms with E-state index in [9.17, 15) is 64.3 Å². The molecule has 242 valence electrons. The lowest BCUT2D eigenvalue weighted by molar-refractivity contribution is -0.280. The van der Waals surface area contributed by atoms with E-state index in [1.165, 1.54) is 6.07 Å². The van der Waals surface area contributed by atoms with E-state index in [0.29, 0.717) is 9.75 Å². The van der Waals surface area contributed by atoms with Crippen LogP contribution in [0.5, 0.6) is 0 Å². The van der Waals surface area contributed by atoms with Crippen LogP contribution in [0.4, 0.5) is 0 Å². The summed E-state index contributed by atoms with van der Waals surface area (Å²) >= 11 is 1.05. The monoisotopic (exact) mass is 678 g/mol. The van der Waals surface area contributed by atoms with Gasteiger partial charge in [-0.15, -0.1) is 11.3 Å². The summed E-state index contributed by atoms with van der Waals surface area (Å²) in [7, 11) is -11.2. The fourth-order valence-electron chi connectivity index (χ4n) is 4.18. The summed E-state index contributed by atoms with van der Waals surface area (Å²) < 4.78 is 48.9. The lowest BCUT2D eigenvalue weighted by Crippen LogP contribution is -2.58. The summed E-state index contributed by atoms with van der Waals surface area (Å²) in [5, 5.41) is 68.8. The van der Waals surface area contributed by atoms with E-state index >= 15 is 0 Å². The first kappa shape index (κ1) is 34.2. The normalized spacial score (nSPS) is 34.1. The van der Waals surface area contributed by atoms with Crippen molar-refractivity contribution in [3.8, 4) is 10.4 Å². The summed E-state index contributed by atoms with van der Waals surface area (Å²) in [5.74, 6) is 0. The summed E-state index contributed by atoms with van der Waals surface area (Å²) in [5.41, 5.74) is -1.88. The predicted octanol–water partition coefficient (Wildman–Crippen LogP) is -3.57. The van der Waals surface area contributed by atoms with Gasteiger partial charge in [0.2, 0.25) is 0 Å². The number of ether oxygens (including phenoxy) is 2. The number of hydrogen-bond donors (Lipinski definition) is 10. The number of thiophene rings is 1. The van der Waals surface area contributed by atoms with E-state index in [1.54, 1.807) is 6.07 Å². The van der Waals surface area contributed by atoms with Crippen LogP contribution in [0.2, 0.25) is 0 Å². The van der Waals surface area contributed by atoms with Crippen molar-refractivity contribution < 1.29 is 77.5 Å². The van der Waals surface area contributed by atoms with Gasteiger partial charge in [0.1, 0.15) is 42.7 Å². The molecule has 0 aromatic carbocycles. The standard InChI is InChI=1S/C20H28N2O18P2S/c23-4-7-1-2-11(43-7)8-3-22(20(31)21-17(8)30)18-15(28)13(26)10(37-18)6-36-41(32,33)40-42(34,35)39-19-16(29)14(27)12(25)9(5-24)38-19/h1-3,9-10,12-16,18-19,23-29H,4-6H2,(H,32,33)(H,34,35)(H,21,30,31)/t9-,10-,12+,13-,14+,15-,16-,18-,19-/m1/s1. The Hall–Kier alpha value is -1.72. The smallest absolute Gasteiger partial charge is 0.394 e. The second-order valence-electron chi connectivity index (χ2n) is 9.30. The summed E-state index contributed by atoms with van der Waals surface area (Å²) in [4.78, 5) is 47.6. The summed E-state index contributed by atoms with van der Waals surface area (Å²) in [6.45, 7) is -2.28. The maximum atomic E-state index is 12.5. The molecular weight excluding hydrogens is 650 g/mol. The van der Waals surface area contributed by atoms with Crippen molar-refractivity contribution >= 4 is 27.0 Å². The number of nitrogens with zero attached hydrogens (tertiary/aromatic N) is 1. The van der Waals surface area contributed by atoms with Gasteiger partial charge < -0.3 is 55.0 Å². The number of aromatic nitrogens is 2. The maximum absolute atomic E-state index is 12.5. The third-order valence-corrected chi connectivity index (χ3v) is 10.1. The zero-order valence-corrected chi connectivity index (χ0v) is 24.1. The Labute approximate surface area is 243 Å². The molecule has 2 fully saturated rings. The van der Waals surface area contributed by atoms with E-state index in [0.717, 1.165) is 22.1 Å². The number of rotatable bonds is 11. The average molecular weight is 678 g/mol. The van der Waals surface area contributed by atoms with Crippen molar-refractivity contribution in [2.75, 3.05) is 13.2 Å². The number of aliphatic hydroxyl groups is 7. The van der Waals surface area contributed by atoms with E-state index < -0.39 is 95.4 Å². The van der Waals surface area contributed by atoms with Crippen molar-refractivity contribution in [3.63, 3.8) is 0 Å². The quantitative estimate of drug-likeness (QED) is 0.103. The van der Waals surface area contributed by atoms with Crippen LogP contribution < -0.4 is 11.2 Å². The van der Waals surface area contributed by atoms with Crippen LogP contribution in [0.25, 0.3) is 10.4 Å². The number of phosphoric ester groups is 2. The first-order valence-corrected chi connectivity index (χ1v) is 16.0. The van der Waals surface area contributed by atoms with E-state index in [1.807, 2.05) is 4.98 Å². The summed E-state index contributed by atoms with van der Waals surface area (Å²) in [6, 6.07) is 3.05. The molecule has 43 heavy (non-hydrogen) atoms. The molecule has 0 bridgehead atoms. The van der Waals surface area contributed by atoms with Gasteiger partial charge in [-0.1, -0.05) is 0 Å². The first-order chi connectivity index (χ1) is 20.1. The zero-order valence-electron chi connectivity index (χ0n) is 21.5. The maximum Gasteiger partial charge on any atom is 0.483 e. The number of H-pyrrole nitrogens is 1. The molecule has 2 aliphatic heterocycles. The highest BCUT2D eigenvalue weighted by Gasteiger charge is 2.49. The van der Waals surface area contributed by atoms with E-state index in [4.69, 9.17) is 9.47 Å². The molecule has 2 unspecified atom stereocenters. The first-order valence-electron chi connectivity index (χ1n) is 12.1. The molecule has 0 radical (unpaired) electrons. The topological polar surface area (TPSA) is 317 Å². The van der Waals surface area contributed by atoms with Crippen molar-refractivity contribution in [2.45, 2.75) is 61.9 Å². The lowest BCUT2D eigenvalue weighted by Gasteiger charge is -2.39. The lowest BCUT2D eigenvalue weighted by atomic mass is 10.00. The highest BCUT2D eigenvalue weighted by molar-refractivity contribution is 7.61. The highest BCUT2D eigenvalue weighted by atomic mass is 32.1. The van der Waals surface area contributed by atoms with Crippen molar-refractivity contribution in [1.29, 1.82) is 0 Å². The Morgan fingerprint density at radius 1 is 0.907 bits per heavy atom. The van der Waals surface area contributed by atoms with Crippen molar-refractivity contribution in [3.05, 3.63) is 44.0 Å². The molecular formula is C20H28N2O18P2S. The molecule has 2 aromatic rings. The number of nitrogens with one attached hydrogen (secondary N) is 1. The Morgan fingerprint density at radius 3 is 2.21 bits per heavy atom.